The number of amides is 2. The third-order valence-electron chi connectivity index (χ3n) is 6.60. The number of halogens is 1. The molecule has 2 N–H and O–H groups in total. The van der Waals surface area contributed by atoms with Crippen molar-refractivity contribution < 1.29 is 18.0 Å². The van der Waals surface area contributed by atoms with E-state index >= 15 is 0 Å². The number of carbonyl (C=O) groups is 2. The summed E-state index contributed by atoms with van der Waals surface area (Å²) in [6.45, 7) is 4.02. The third kappa shape index (κ3) is 4.41. The second-order valence-electron chi connectivity index (χ2n) is 8.61. The van der Waals surface area contributed by atoms with E-state index in [-0.39, 0.29) is 28.6 Å². The quantitative estimate of drug-likeness (QED) is 0.715. The zero-order valence-corrected chi connectivity index (χ0v) is 19.5. The van der Waals surface area contributed by atoms with E-state index in [0.717, 1.165) is 0 Å². The number of hydrogen-bond donors (Lipinski definition) is 1. The van der Waals surface area contributed by atoms with Gasteiger partial charge in [0.1, 0.15) is 10.7 Å². The molecule has 0 saturated carbocycles. The maximum atomic E-state index is 12.9. The van der Waals surface area contributed by atoms with Gasteiger partial charge < -0.3 is 15.5 Å². The first-order valence-electron chi connectivity index (χ1n) is 10.8. The lowest BCUT2D eigenvalue weighted by Gasteiger charge is -2.37. The van der Waals surface area contributed by atoms with Crippen LogP contribution in [0.3, 0.4) is 0 Å². The number of amidine groups is 1. The van der Waals surface area contributed by atoms with Crippen molar-refractivity contribution in [2.24, 2.45) is 22.0 Å². The predicted octanol–water partition coefficient (Wildman–Crippen LogP) is 2.25. The maximum absolute atomic E-state index is 12.9. The van der Waals surface area contributed by atoms with Crippen molar-refractivity contribution >= 4 is 44.2 Å². The molecule has 0 unspecified atom stereocenters. The summed E-state index contributed by atoms with van der Waals surface area (Å²) in [4.78, 5) is 28.3. The Morgan fingerprint density at radius 2 is 1.56 bits per heavy atom. The molecule has 0 radical (unpaired) electrons. The van der Waals surface area contributed by atoms with Crippen molar-refractivity contribution in [3.63, 3.8) is 0 Å². The first-order chi connectivity index (χ1) is 15.2. The van der Waals surface area contributed by atoms with Crippen LogP contribution in [0.25, 0.3) is 4.91 Å². The topological polar surface area (TPSA) is 113 Å². The van der Waals surface area contributed by atoms with E-state index in [1.807, 2.05) is 9.80 Å². The summed E-state index contributed by atoms with van der Waals surface area (Å²) in [5.41, 5.74) is 6.56. The van der Waals surface area contributed by atoms with Gasteiger partial charge in [-0.1, -0.05) is 23.7 Å². The number of likely N-dealkylation sites (tertiary alicyclic amines) is 2. The van der Waals surface area contributed by atoms with E-state index < -0.39 is 10.0 Å². The summed E-state index contributed by atoms with van der Waals surface area (Å²) in [7, 11) is -3.79. The van der Waals surface area contributed by atoms with E-state index in [1.54, 1.807) is 31.2 Å². The molecule has 0 aromatic heterocycles. The van der Waals surface area contributed by atoms with Crippen LogP contribution < -0.4 is 5.73 Å². The Bertz CT molecular complexity index is 1080. The zero-order chi connectivity index (χ0) is 23.0. The summed E-state index contributed by atoms with van der Waals surface area (Å²) < 4.78 is 29.6. The molecule has 2 fully saturated rings. The molecule has 0 aliphatic carbocycles. The van der Waals surface area contributed by atoms with Crippen LogP contribution in [0.1, 0.15) is 38.2 Å². The molecule has 32 heavy (non-hydrogen) atoms. The van der Waals surface area contributed by atoms with Crippen molar-refractivity contribution in [1.29, 1.82) is 0 Å². The Kier molecular flexibility index (Phi) is 6.31. The second kappa shape index (κ2) is 8.86. The second-order valence-corrected chi connectivity index (χ2v) is 10.6. The lowest BCUT2D eigenvalue weighted by atomic mass is 9.91. The van der Waals surface area contributed by atoms with Crippen LogP contribution in [0.2, 0.25) is 5.02 Å². The van der Waals surface area contributed by atoms with Crippen LogP contribution in [0.4, 0.5) is 0 Å². The van der Waals surface area contributed by atoms with Crippen LogP contribution in [0.5, 0.6) is 0 Å². The van der Waals surface area contributed by atoms with Gasteiger partial charge in [-0.2, -0.15) is 8.42 Å². The smallest absolute Gasteiger partial charge is 0.285 e. The van der Waals surface area contributed by atoms with Crippen molar-refractivity contribution in [1.82, 2.24) is 9.80 Å². The molecule has 0 spiro atoms. The number of hydrogen-bond acceptors (Lipinski definition) is 5. The van der Waals surface area contributed by atoms with Crippen LogP contribution >= 0.6 is 11.6 Å². The number of carbonyl (C=O) groups excluding carboxylic acids is 2. The predicted molar refractivity (Wildman–Crippen MR) is 123 cm³/mol. The molecule has 10 heteroatoms. The Hall–Kier alpha value is -2.39. The zero-order valence-electron chi connectivity index (χ0n) is 18.0. The number of sulfonamides is 1. The van der Waals surface area contributed by atoms with E-state index in [1.165, 1.54) is 0 Å². The molecule has 3 heterocycles. The highest BCUT2D eigenvalue weighted by Crippen LogP contribution is 2.35. The Morgan fingerprint density at radius 3 is 2.12 bits per heavy atom. The van der Waals surface area contributed by atoms with E-state index in [9.17, 15) is 18.0 Å². The first kappa shape index (κ1) is 22.8. The minimum absolute atomic E-state index is 0.102. The molecule has 4 rings (SSSR count). The summed E-state index contributed by atoms with van der Waals surface area (Å²) in [6, 6.07) is 6.69. The summed E-state index contributed by atoms with van der Waals surface area (Å²) in [6.07, 6.45) is 2.51. The normalized spacial score (nSPS) is 22.2. The van der Waals surface area contributed by atoms with Gasteiger partial charge in [0.15, 0.2) is 0 Å². The molecule has 1 aromatic rings. The first-order valence-corrected chi connectivity index (χ1v) is 12.6. The maximum Gasteiger partial charge on any atom is 0.285 e. The molecule has 3 aliphatic heterocycles. The molecule has 0 bridgehead atoms. The highest BCUT2D eigenvalue weighted by Gasteiger charge is 2.37. The number of nitrogens with two attached hydrogens (primary N) is 1. The van der Waals surface area contributed by atoms with Crippen LogP contribution in [0.15, 0.2) is 34.2 Å². The van der Waals surface area contributed by atoms with Gasteiger partial charge >= 0.3 is 0 Å². The monoisotopic (exact) mass is 478 g/mol. The van der Waals surface area contributed by atoms with Gasteiger partial charge in [-0.3, -0.25) is 9.59 Å². The van der Waals surface area contributed by atoms with Crippen LogP contribution in [0, 0.1) is 11.8 Å². The number of benzene rings is 1. The van der Waals surface area contributed by atoms with Gasteiger partial charge in [0, 0.05) is 48.6 Å². The van der Waals surface area contributed by atoms with Crippen molar-refractivity contribution in [2.75, 3.05) is 26.2 Å². The molecule has 3 aliphatic rings. The average molecular weight is 479 g/mol. The van der Waals surface area contributed by atoms with Gasteiger partial charge in [-0.05, 0) is 50.3 Å². The summed E-state index contributed by atoms with van der Waals surface area (Å²) >= 11 is 5.94. The molecule has 1 aromatic carbocycles. The van der Waals surface area contributed by atoms with Crippen molar-refractivity contribution in [3.8, 4) is 0 Å². The van der Waals surface area contributed by atoms with E-state index in [4.69, 9.17) is 17.3 Å². The summed E-state index contributed by atoms with van der Waals surface area (Å²) in [5.74, 6) is 0.0349. The van der Waals surface area contributed by atoms with Gasteiger partial charge in [0.25, 0.3) is 10.0 Å². The molecule has 2 amide bonds. The van der Waals surface area contributed by atoms with E-state index in [0.29, 0.717) is 73.9 Å². The number of nitrogens with zero attached hydrogens (tertiary/aromatic N) is 3. The lowest BCUT2D eigenvalue weighted by molar-refractivity contribution is -0.139. The molecular weight excluding hydrogens is 452 g/mol. The van der Waals surface area contributed by atoms with Gasteiger partial charge in [-0.15, -0.1) is 4.40 Å². The molecule has 172 valence electrons. The third-order valence-corrected chi connectivity index (χ3v) is 8.32. The Labute approximate surface area is 193 Å². The number of primary amides is 1. The van der Waals surface area contributed by atoms with Crippen LogP contribution in [-0.2, 0) is 19.6 Å². The largest absolute Gasteiger partial charge is 0.369 e. The molecule has 2 saturated heterocycles. The highest BCUT2D eigenvalue weighted by molar-refractivity contribution is 8.00. The van der Waals surface area contributed by atoms with Gasteiger partial charge in [0.2, 0.25) is 11.8 Å². The Morgan fingerprint density at radius 1 is 1.00 bits per heavy atom. The lowest BCUT2D eigenvalue weighted by Crippen LogP contribution is -2.47. The summed E-state index contributed by atoms with van der Waals surface area (Å²) in [5, 5.41) is 0.536. The Balaban J connectivity index is 1.41. The number of piperidine rings is 2. The van der Waals surface area contributed by atoms with Gasteiger partial charge in [-0.25, -0.2) is 0 Å². The minimum atomic E-state index is -3.79. The van der Waals surface area contributed by atoms with Crippen molar-refractivity contribution in [3.05, 3.63) is 40.4 Å². The van der Waals surface area contributed by atoms with Gasteiger partial charge in [0.05, 0.1) is 0 Å². The fourth-order valence-electron chi connectivity index (χ4n) is 4.77. The van der Waals surface area contributed by atoms with Crippen molar-refractivity contribution in [2.45, 2.75) is 32.6 Å². The average Bonchev–Trinajstić information content (AvgIpc) is 3.02. The fourth-order valence-corrected chi connectivity index (χ4v) is 6.37. The molecule has 8 nitrogen and oxygen atoms in total. The fraction of sp³-hybridized carbons (Fsp3) is 0.500. The minimum Gasteiger partial charge on any atom is -0.369 e. The number of rotatable bonds is 3. The SMILES string of the molecule is CC1=C(c2ccc(Cl)cc2)S(=O)(=O)N=C1N1CCC(C(=O)N2CCC(C(N)=O)CC2)CC1. The molecule has 0 atom stereocenters. The highest BCUT2D eigenvalue weighted by atomic mass is 35.5. The van der Waals surface area contributed by atoms with E-state index in [2.05, 4.69) is 4.40 Å². The standard InChI is InChI=1S/C22H27ClN4O4S/c1-14-19(15-2-4-18(23)5-3-15)32(30,31)25-21(14)26-10-8-17(9-11-26)22(29)27-12-6-16(7-13-27)20(24)28/h2-5,16-17H,6-13H2,1H3,(H2,24,28). The van der Waals surface area contributed by atoms with Crippen LogP contribution in [-0.4, -0.2) is 62.0 Å². The molecular formula is C22H27ClN4O4S.